The summed E-state index contributed by atoms with van der Waals surface area (Å²) in [4.78, 5) is 4.10. The Bertz CT molecular complexity index is 250. The van der Waals surface area contributed by atoms with Crippen molar-refractivity contribution in [3.63, 3.8) is 0 Å². The molecule has 1 aromatic heterocycles. The van der Waals surface area contributed by atoms with E-state index in [1.807, 2.05) is 6.20 Å². The lowest BCUT2D eigenvalue weighted by molar-refractivity contribution is 0.587. The fraction of sp³-hybridized carbons (Fsp3) is 0.444. The molecule has 0 amide bonds. The van der Waals surface area contributed by atoms with Crippen molar-refractivity contribution in [3.8, 4) is 0 Å². The van der Waals surface area contributed by atoms with Crippen LogP contribution in [-0.2, 0) is 5.41 Å². The van der Waals surface area contributed by atoms with Crippen molar-refractivity contribution >= 4 is 15.9 Å². The van der Waals surface area contributed by atoms with E-state index in [9.17, 15) is 0 Å². The molecule has 2 heteroatoms. The maximum Gasteiger partial charge on any atom is 0.0410 e. The van der Waals surface area contributed by atoms with E-state index >= 15 is 0 Å². The molecule has 0 aliphatic heterocycles. The fourth-order valence-corrected chi connectivity index (χ4v) is 1.19. The summed E-state index contributed by atoms with van der Waals surface area (Å²) in [6.07, 6.45) is 3.71. The highest BCUT2D eigenvalue weighted by atomic mass is 79.9. The topological polar surface area (TPSA) is 12.9 Å². The molecule has 0 aliphatic carbocycles. The van der Waals surface area contributed by atoms with Crippen LogP contribution in [0, 0.1) is 0 Å². The van der Waals surface area contributed by atoms with Crippen molar-refractivity contribution < 1.29 is 0 Å². The molecule has 0 saturated carbocycles. The number of rotatable bonds is 0. The third-order valence-corrected chi connectivity index (χ3v) is 2.00. The Morgan fingerprint density at radius 1 is 1.27 bits per heavy atom. The van der Waals surface area contributed by atoms with E-state index in [1.165, 1.54) is 5.56 Å². The third-order valence-electron chi connectivity index (χ3n) is 1.57. The van der Waals surface area contributed by atoms with Crippen LogP contribution in [0.5, 0.6) is 0 Å². The minimum atomic E-state index is 0.191. The van der Waals surface area contributed by atoms with Gasteiger partial charge in [0.2, 0.25) is 0 Å². The van der Waals surface area contributed by atoms with Crippen LogP contribution in [0.15, 0.2) is 22.9 Å². The van der Waals surface area contributed by atoms with Gasteiger partial charge in [-0.2, -0.15) is 0 Å². The number of nitrogens with zero attached hydrogens (tertiary/aromatic N) is 1. The standard InChI is InChI=1S/C9H12BrN/c1-9(2,3)7-4-8(10)6-11-5-7/h4-6H,1-3H3. The van der Waals surface area contributed by atoms with Gasteiger partial charge < -0.3 is 0 Å². The molecule has 0 radical (unpaired) electrons. The molecule has 0 spiro atoms. The molecule has 0 fully saturated rings. The predicted octanol–water partition coefficient (Wildman–Crippen LogP) is 3.14. The Morgan fingerprint density at radius 3 is 2.27 bits per heavy atom. The molecule has 1 heterocycles. The number of aromatic nitrogens is 1. The number of pyridine rings is 1. The Morgan fingerprint density at radius 2 is 1.91 bits per heavy atom. The van der Waals surface area contributed by atoms with Crippen LogP contribution in [0.2, 0.25) is 0 Å². The molecule has 1 rings (SSSR count). The molecular weight excluding hydrogens is 202 g/mol. The average Bonchev–Trinajstić information content (AvgIpc) is 1.86. The monoisotopic (exact) mass is 213 g/mol. The zero-order valence-corrected chi connectivity index (χ0v) is 8.64. The molecule has 0 unspecified atom stereocenters. The molecule has 11 heavy (non-hydrogen) atoms. The normalized spacial score (nSPS) is 11.6. The summed E-state index contributed by atoms with van der Waals surface area (Å²) >= 11 is 3.39. The largest absolute Gasteiger partial charge is 0.263 e. The summed E-state index contributed by atoms with van der Waals surface area (Å²) in [7, 11) is 0. The van der Waals surface area contributed by atoms with Crippen LogP contribution in [0.4, 0.5) is 0 Å². The molecule has 0 aromatic carbocycles. The second kappa shape index (κ2) is 2.94. The highest BCUT2D eigenvalue weighted by Crippen LogP contribution is 2.23. The summed E-state index contributed by atoms with van der Waals surface area (Å²) in [5.74, 6) is 0. The molecule has 0 aliphatic rings. The zero-order valence-electron chi connectivity index (χ0n) is 7.06. The molecule has 1 aromatic rings. The van der Waals surface area contributed by atoms with Gasteiger partial charge in [-0.15, -0.1) is 0 Å². The Labute approximate surface area is 76.0 Å². The van der Waals surface area contributed by atoms with Crippen LogP contribution >= 0.6 is 15.9 Å². The minimum absolute atomic E-state index is 0.191. The first-order valence-corrected chi connectivity index (χ1v) is 4.40. The van der Waals surface area contributed by atoms with Crippen molar-refractivity contribution in [2.45, 2.75) is 26.2 Å². The van der Waals surface area contributed by atoms with E-state index in [0.717, 1.165) is 4.47 Å². The highest BCUT2D eigenvalue weighted by molar-refractivity contribution is 9.10. The highest BCUT2D eigenvalue weighted by Gasteiger charge is 2.13. The summed E-state index contributed by atoms with van der Waals surface area (Å²) in [5.41, 5.74) is 1.45. The molecule has 60 valence electrons. The maximum absolute atomic E-state index is 4.10. The lowest BCUT2D eigenvalue weighted by Crippen LogP contribution is -2.11. The maximum atomic E-state index is 4.10. The smallest absolute Gasteiger partial charge is 0.0410 e. The average molecular weight is 214 g/mol. The van der Waals surface area contributed by atoms with Gasteiger partial charge in [0, 0.05) is 16.9 Å². The summed E-state index contributed by atoms with van der Waals surface area (Å²) in [6, 6.07) is 2.10. The fourth-order valence-electron chi connectivity index (χ4n) is 0.822. The molecule has 0 saturated heterocycles. The van der Waals surface area contributed by atoms with E-state index in [0.29, 0.717) is 0 Å². The van der Waals surface area contributed by atoms with E-state index in [-0.39, 0.29) is 5.41 Å². The minimum Gasteiger partial charge on any atom is -0.263 e. The third kappa shape index (κ3) is 2.29. The van der Waals surface area contributed by atoms with Crippen molar-refractivity contribution in [2.24, 2.45) is 0 Å². The zero-order chi connectivity index (χ0) is 8.48. The summed E-state index contributed by atoms with van der Waals surface area (Å²) < 4.78 is 1.05. The van der Waals surface area contributed by atoms with E-state index < -0.39 is 0 Å². The second-order valence-corrected chi connectivity index (χ2v) is 4.56. The number of hydrogen-bond acceptors (Lipinski definition) is 1. The quantitative estimate of drug-likeness (QED) is 0.646. The summed E-state index contributed by atoms with van der Waals surface area (Å²) in [5, 5.41) is 0. The molecular formula is C9H12BrN. The van der Waals surface area contributed by atoms with E-state index in [1.54, 1.807) is 6.20 Å². The predicted molar refractivity (Wildman–Crippen MR) is 50.6 cm³/mol. The van der Waals surface area contributed by atoms with Crippen LogP contribution < -0.4 is 0 Å². The van der Waals surface area contributed by atoms with Crippen LogP contribution in [0.1, 0.15) is 26.3 Å². The van der Waals surface area contributed by atoms with Gasteiger partial charge in [-0.3, -0.25) is 4.98 Å². The lowest BCUT2D eigenvalue weighted by atomic mass is 9.88. The van der Waals surface area contributed by atoms with Crippen molar-refractivity contribution in [1.82, 2.24) is 4.98 Å². The van der Waals surface area contributed by atoms with Crippen LogP contribution in [0.25, 0.3) is 0 Å². The molecule has 0 N–H and O–H groups in total. The molecule has 0 atom stereocenters. The number of hydrogen-bond donors (Lipinski definition) is 0. The van der Waals surface area contributed by atoms with E-state index in [2.05, 4.69) is 47.8 Å². The Balaban J connectivity index is 3.06. The first-order chi connectivity index (χ1) is 5.00. The van der Waals surface area contributed by atoms with Gasteiger partial charge in [0.1, 0.15) is 0 Å². The molecule has 1 nitrogen and oxygen atoms in total. The Kier molecular flexibility index (Phi) is 2.33. The van der Waals surface area contributed by atoms with Crippen LogP contribution in [-0.4, -0.2) is 4.98 Å². The van der Waals surface area contributed by atoms with Crippen molar-refractivity contribution in [1.29, 1.82) is 0 Å². The SMILES string of the molecule is CC(C)(C)c1cncc(Br)c1. The van der Waals surface area contributed by atoms with Crippen molar-refractivity contribution in [3.05, 3.63) is 28.5 Å². The van der Waals surface area contributed by atoms with Gasteiger partial charge in [0.25, 0.3) is 0 Å². The van der Waals surface area contributed by atoms with Gasteiger partial charge in [-0.05, 0) is 33.0 Å². The second-order valence-electron chi connectivity index (χ2n) is 3.64. The first kappa shape index (κ1) is 8.72. The summed E-state index contributed by atoms with van der Waals surface area (Å²) in [6.45, 7) is 6.53. The lowest BCUT2D eigenvalue weighted by Gasteiger charge is -2.18. The van der Waals surface area contributed by atoms with Gasteiger partial charge in [0.05, 0.1) is 0 Å². The number of halogens is 1. The van der Waals surface area contributed by atoms with Gasteiger partial charge in [0.15, 0.2) is 0 Å². The van der Waals surface area contributed by atoms with Gasteiger partial charge in [-0.25, -0.2) is 0 Å². The van der Waals surface area contributed by atoms with Gasteiger partial charge >= 0.3 is 0 Å². The van der Waals surface area contributed by atoms with Crippen LogP contribution in [0.3, 0.4) is 0 Å². The van der Waals surface area contributed by atoms with Crippen molar-refractivity contribution in [2.75, 3.05) is 0 Å². The molecule has 0 bridgehead atoms. The first-order valence-electron chi connectivity index (χ1n) is 3.61. The van der Waals surface area contributed by atoms with E-state index in [4.69, 9.17) is 0 Å². The Hall–Kier alpha value is -0.370. The van der Waals surface area contributed by atoms with Gasteiger partial charge in [-0.1, -0.05) is 20.8 Å².